The van der Waals surface area contributed by atoms with Gasteiger partial charge in [0.25, 0.3) is 0 Å². The Bertz CT molecular complexity index is 345. The van der Waals surface area contributed by atoms with Crippen LogP contribution < -0.4 is 5.32 Å². The minimum Gasteiger partial charge on any atom is -0.467 e. The highest BCUT2D eigenvalue weighted by Gasteiger charge is 2.17. The molecule has 94 valence electrons. The quantitative estimate of drug-likeness (QED) is 0.866. The highest BCUT2D eigenvalue weighted by molar-refractivity contribution is 5.73. The van der Waals surface area contributed by atoms with Crippen molar-refractivity contribution < 1.29 is 13.9 Å². The topological polar surface area (TPSA) is 54.7 Å². The molecule has 0 aromatic carbocycles. The average Bonchev–Trinajstić information content (AvgIpc) is 2.98. The second-order valence-electron chi connectivity index (χ2n) is 4.26. The van der Waals surface area contributed by atoms with Gasteiger partial charge in [-0.05, 0) is 25.0 Å². The van der Waals surface area contributed by atoms with E-state index in [9.17, 15) is 4.79 Å². The molecule has 2 heterocycles. The first kappa shape index (κ1) is 12.0. The average molecular weight is 238 g/mol. The standard InChI is InChI=1S/C12H18N2O3/c1-14(9-11-5-3-7-17-11)12(15)13-8-10-4-2-6-16-10/h3,5,7,10H,2,4,6,8-9H2,1H3,(H,13,15). The molecule has 1 unspecified atom stereocenters. The highest BCUT2D eigenvalue weighted by Crippen LogP contribution is 2.10. The molecule has 1 N–H and O–H groups in total. The Labute approximate surface area is 101 Å². The van der Waals surface area contributed by atoms with Crippen molar-refractivity contribution in [3.63, 3.8) is 0 Å². The van der Waals surface area contributed by atoms with Gasteiger partial charge in [-0.15, -0.1) is 0 Å². The Morgan fingerprint density at radius 1 is 1.65 bits per heavy atom. The molecular weight excluding hydrogens is 220 g/mol. The van der Waals surface area contributed by atoms with E-state index in [2.05, 4.69) is 5.32 Å². The summed E-state index contributed by atoms with van der Waals surface area (Å²) in [7, 11) is 1.74. The van der Waals surface area contributed by atoms with Crippen LogP contribution >= 0.6 is 0 Å². The van der Waals surface area contributed by atoms with Crippen molar-refractivity contribution in [2.75, 3.05) is 20.2 Å². The third-order valence-corrected chi connectivity index (χ3v) is 2.82. The maximum atomic E-state index is 11.7. The van der Waals surface area contributed by atoms with Gasteiger partial charge in [0.05, 0.1) is 18.9 Å². The van der Waals surface area contributed by atoms with Gasteiger partial charge < -0.3 is 19.4 Å². The number of ether oxygens (including phenoxy) is 1. The van der Waals surface area contributed by atoms with Crippen LogP contribution in [0.2, 0.25) is 0 Å². The summed E-state index contributed by atoms with van der Waals surface area (Å²) in [5.41, 5.74) is 0. The Morgan fingerprint density at radius 3 is 3.18 bits per heavy atom. The summed E-state index contributed by atoms with van der Waals surface area (Å²) in [5.74, 6) is 0.778. The van der Waals surface area contributed by atoms with Gasteiger partial charge in [-0.1, -0.05) is 0 Å². The zero-order valence-electron chi connectivity index (χ0n) is 10.0. The van der Waals surface area contributed by atoms with E-state index in [1.165, 1.54) is 0 Å². The van der Waals surface area contributed by atoms with E-state index < -0.39 is 0 Å². The van der Waals surface area contributed by atoms with Crippen LogP contribution in [0.15, 0.2) is 22.8 Å². The number of furan rings is 1. The first-order valence-electron chi connectivity index (χ1n) is 5.88. The molecule has 0 spiro atoms. The van der Waals surface area contributed by atoms with Crippen LogP contribution in [-0.2, 0) is 11.3 Å². The lowest BCUT2D eigenvalue weighted by atomic mass is 10.2. The Morgan fingerprint density at radius 2 is 2.53 bits per heavy atom. The Balaban J connectivity index is 1.71. The largest absolute Gasteiger partial charge is 0.467 e. The van der Waals surface area contributed by atoms with E-state index >= 15 is 0 Å². The van der Waals surface area contributed by atoms with E-state index in [1.807, 2.05) is 12.1 Å². The van der Waals surface area contributed by atoms with Crippen molar-refractivity contribution >= 4 is 6.03 Å². The summed E-state index contributed by atoms with van der Waals surface area (Å²) >= 11 is 0. The smallest absolute Gasteiger partial charge is 0.317 e. The number of nitrogens with one attached hydrogen (secondary N) is 1. The van der Waals surface area contributed by atoms with E-state index in [1.54, 1.807) is 18.2 Å². The van der Waals surface area contributed by atoms with Crippen LogP contribution in [-0.4, -0.2) is 37.2 Å². The lowest BCUT2D eigenvalue weighted by Crippen LogP contribution is -2.40. The zero-order chi connectivity index (χ0) is 12.1. The number of rotatable bonds is 4. The Hall–Kier alpha value is -1.49. The minimum atomic E-state index is -0.100. The monoisotopic (exact) mass is 238 g/mol. The summed E-state index contributed by atoms with van der Waals surface area (Å²) in [6.07, 6.45) is 3.90. The molecule has 0 radical (unpaired) electrons. The molecular formula is C12H18N2O3. The predicted molar refractivity (Wildman–Crippen MR) is 62.5 cm³/mol. The zero-order valence-corrected chi connectivity index (χ0v) is 10.0. The van der Waals surface area contributed by atoms with Crippen LogP contribution in [0.5, 0.6) is 0 Å². The second-order valence-corrected chi connectivity index (χ2v) is 4.26. The van der Waals surface area contributed by atoms with E-state index in [0.29, 0.717) is 13.1 Å². The summed E-state index contributed by atoms with van der Waals surface area (Å²) in [5, 5.41) is 2.86. The molecule has 1 aromatic heterocycles. The van der Waals surface area contributed by atoms with Crippen molar-refractivity contribution in [2.45, 2.75) is 25.5 Å². The summed E-state index contributed by atoms with van der Waals surface area (Å²) in [4.78, 5) is 13.3. The highest BCUT2D eigenvalue weighted by atomic mass is 16.5. The molecule has 1 aromatic rings. The summed E-state index contributed by atoms with van der Waals surface area (Å²) in [6.45, 7) is 1.87. The fourth-order valence-corrected chi connectivity index (χ4v) is 1.85. The second kappa shape index (κ2) is 5.72. The van der Waals surface area contributed by atoms with E-state index in [-0.39, 0.29) is 12.1 Å². The molecule has 1 saturated heterocycles. The van der Waals surface area contributed by atoms with Crippen molar-refractivity contribution in [1.29, 1.82) is 0 Å². The third kappa shape index (κ3) is 3.49. The SMILES string of the molecule is CN(Cc1ccco1)C(=O)NCC1CCCO1. The van der Waals surface area contributed by atoms with E-state index in [4.69, 9.17) is 9.15 Å². The maximum Gasteiger partial charge on any atom is 0.317 e. The molecule has 1 atom stereocenters. The molecule has 17 heavy (non-hydrogen) atoms. The van der Waals surface area contributed by atoms with Gasteiger partial charge in [0.2, 0.25) is 0 Å². The normalized spacial score (nSPS) is 19.2. The fraction of sp³-hybridized carbons (Fsp3) is 0.583. The molecule has 2 rings (SSSR count). The van der Waals surface area contributed by atoms with Gasteiger partial charge in [0.15, 0.2) is 0 Å². The molecule has 1 aliphatic heterocycles. The van der Waals surface area contributed by atoms with Gasteiger partial charge in [-0.3, -0.25) is 0 Å². The lowest BCUT2D eigenvalue weighted by Gasteiger charge is -2.18. The van der Waals surface area contributed by atoms with Crippen molar-refractivity contribution in [3.05, 3.63) is 24.2 Å². The molecule has 0 aliphatic carbocycles. The number of amides is 2. The summed E-state index contributed by atoms with van der Waals surface area (Å²) in [6, 6.07) is 3.56. The van der Waals surface area contributed by atoms with Crippen molar-refractivity contribution in [1.82, 2.24) is 10.2 Å². The number of nitrogens with zero attached hydrogens (tertiary/aromatic N) is 1. The molecule has 5 heteroatoms. The van der Waals surface area contributed by atoms with Crippen LogP contribution in [0.1, 0.15) is 18.6 Å². The van der Waals surface area contributed by atoms with E-state index in [0.717, 1.165) is 25.2 Å². The van der Waals surface area contributed by atoms with Crippen LogP contribution in [0, 0.1) is 0 Å². The molecule has 0 saturated carbocycles. The number of urea groups is 1. The van der Waals surface area contributed by atoms with Gasteiger partial charge in [0, 0.05) is 20.2 Å². The third-order valence-electron chi connectivity index (χ3n) is 2.82. The maximum absolute atomic E-state index is 11.7. The predicted octanol–water partition coefficient (Wildman–Crippen LogP) is 1.60. The van der Waals surface area contributed by atoms with Crippen LogP contribution in [0.4, 0.5) is 4.79 Å². The minimum absolute atomic E-state index is 0.100. The number of hydrogen-bond acceptors (Lipinski definition) is 3. The number of hydrogen-bond donors (Lipinski definition) is 1. The van der Waals surface area contributed by atoms with Crippen molar-refractivity contribution in [3.8, 4) is 0 Å². The van der Waals surface area contributed by atoms with Crippen LogP contribution in [0.25, 0.3) is 0 Å². The van der Waals surface area contributed by atoms with Gasteiger partial charge in [-0.2, -0.15) is 0 Å². The van der Waals surface area contributed by atoms with Gasteiger partial charge >= 0.3 is 6.03 Å². The molecule has 1 aliphatic rings. The Kier molecular flexibility index (Phi) is 4.03. The molecule has 1 fully saturated rings. The van der Waals surface area contributed by atoms with Gasteiger partial charge in [-0.25, -0.2) is 4.79 Å². The molecule has 2 amide bonds. The van der Waals surface area contributed by atoms with Gasteiger partial charge in [0.1, 0.15) is 5.76 Å². The molecule has 0 bridgehead atoms. The fourth-order valence-electron chi connectivity index (χ4n) is 1.85. The summed E-state index contributed by atoms with van der Waals surface area (Å²) < 4.78 is 10.6. The lowest BCUT2D eigenvalue weighted by molar-refractivity contribution is 0.109. The number of carbonyl (C=O) groups is 1. The molecule has 5 nitrogen and oxygen atoms in total. The first-order valence-corrected chi connectivity index (χ1v) is 5.88. The first-order chi connectivity index (χ1) is 8.25. The van der Waals surface area contributed by atoms with Crippen molar-refractivity contribution in [2.24, 2.45) is 0 Å². The number of carbonyl (C=O) groups excluding carboxylic acids is 1. The van der Waals surface area contributed by atoms with Crippen LogP contribution in [0.3, 0.4) is 0 Å².